The summed E-state index contributed by atoms with van der Waals surface area (Å²) in [7, 11) is 0. The lowest BCUT2D eigenvalue weighted by Crippen LogP contribution is -1.97. The lowest BCUT2D eigenvalue weighted by Gasteiger charge is -2.06. The summed E-state index contributed by atoms with van der Waals surface area (Å²) in [5.41, 5.74) is 1.73. The Bertz CT molecular complexity index is 793. The molecule has 2 aromatic carbocycles. The van der Waals surface area contributed by atoms with Crippen molar-refractivity contribution in [2.45, 2.75) is 89.4 Å². The number of benzene rings is 2. The van der Waals surface area contributed by atoms with E-state index in [-0.39, 0.29) is 5.78 Å². The third kappa shape index (κ3) is 12.1. The molecule has 2 nitrogen and oxygen atoms in total. The standard InChI is InChI=1S/C30H42O2S/c1-3-5-6-7-8-9-10-11-12-13-24-32-28-19-14-26(15-20-28)16-23-30(31)27-17-21-29(22-18-27)33-25-4-2/h14-23H,3-13,24-25H2,1-2H3. The Balaban J connectivity index is 1.61. The number of unbranched alkanes of at least 4 members (excludes halogenated alkanes) is 9. The predicted octanol–water partition coefficient (Wildman–Crippen LogP) is 9.38. The van der Waals surface area contributed by atoms with Crippen LogP contribution in [0.15, 0.2) is 59.5 Å². The highest BCUT2D eigenvalue weighted by atomic mass is 32.2. The number of carbonyl (C=O) groups is 1. The number of carbonyl (C=O) groups excluding carboxylic acids is 1. The summed E-state index contributed by atoms with van der Waals surface area (Å²) >= 11 is 1.83. The SMILES string of the molecule is CCCCCCCCCCCCOc1ccc(C=CC(=O)c2ccc(SCCC)cc2)cc1. The highest BCUT2D eigenvalue weighted by Crippen LogP contribution is 2.20. The highest BCUT2D eigenvalue weighted by molar-refractivity contribution is 7.99. The Morgan fingerprint density at radius 2 is 1.36 bits per heavy atom. The van der Waals surface area contributed by atoms with Gasteiger partial charge in [0.1, 0.15) is 5.75 Å². The number of thioether (sulfide) groups is 1. The second kappa shape index (κ2) is 17.5. The van der Waals surface area contributed by atoms with Gasteiger partial charge in [-0.1, -0.05) is 89.8 Å². The van der Waals surface area contributed by atoms with Crippen LogP contribution in [0.4, 0.5) is 0 Å². The van der Waals surface area contributed by atoms with Crippen molar-refractivity contribution in [2.24, 2.45) is 0 Å². The van der Waals surface area contributed by atoms with Crippen LogP contribution in [0.1, 0.15) is 100 Å². The fourth-order valence-corrected chi connectivity index (χ4v) is 4.43. The minimum atomic E-state index is 0.0309. The van der Waals surface area contributed by atoms with Crippen LogP contribution >= 0.6 is 11.8 Å². The van der Waals surface area contributed by atoms with Gasteiger partial charge >= 0.3 is 0 Å². The normalized spacial score (nSPS) is 11.2. The van der Waals surface area contributed by atoms with Gasteiger partial charge in [0.05, 0.1) is 6.61 Å². The molecular weight excluding hydrogens is 424 g/mol. The van der Waals surface area contributed by atoms with Crippen LogP contribution < -0.4 is 4.74 Å². The van der Waals surface area contributed by atoms with E-state index in [1.54, 1.807) is 6.08 Å². The van der Waals surface area contributed by atoms with E-state index >= 15 is 0 Å². The maximum Gasteiger partial charge on any atom is 0.185 e. The van der Waals surface area contributed by atoms with Crippen LogP contribution in [0.3, 0.4) is 0 Å². The molecule has 0 saturated carbocycles. The molecule has 0 aromatic heterocycles. The summed E-state index contributed by atoms with van der Waals surface area (Å²) in [5.74, 6) is 2.03. The van der Waals surface area contributed by atoms with Crippen molar-refractivity contribution >= 4 is 23.6 Å². The molecule has 0 unspecified atom stereocenters. The third-order valence-electron chi connectivity index (χ3n) is 5.69. The zero-order valence-electron chi connectivity index (χ0n) is 20.7. The zero-order chi connectivity index (χ0) is 23.6. The molecule has 0 fully saturated rings. The van der Waals surface area contributed by atoms with Crippen LogP contribution in [0.25, 0.3) is 6.08 Å². The quantitative estimate of drug-likeness (QED) is 0.0947. The fraction of sp³-hybridized carbons (Fsp3) is 0.500. The van der Waals surface area contributed by atoms with E-state index in [9.17, 15) is 4.79 Å². The van der Waals surface area contributed by atoms with Crippen LogP contribution in [-0.4, -0.2) is 18.1 Å². The number of ketones is 1. The van der Waals surface area contributed by atoms with Gasteiger partial charge in [-0.2, -0.15) is 0 Å². The number of hydrogen-bond donors (Lipinski definition) is 0. The molecular formula is C30H42O2S. The van der Waals surface area contributed by atoms with Gasteiger partial charge in [-0.3, -0.25) is 4.79 Å². The molecule has 0 N–H and O–H groups in total. The highest BCUT2D eigenvalue weighted by Gasteiger charge is 2.02. The maximum absolute atomic E-state index is 12.4. The van der Waals surface area contributed by atoms with Crippen LogP contribution in [0.5, 0.6) is 5.75 Å². The maximum atomic E-state index is 12.4. The van der Waals surface area contributed by atoms with E-state index in [2.05, 4.69) is 13.8 Å². The van der Waals surface area contributed by atoms with Crippen molar-refractivity contribution in [1.29, 1.82) is 0 Å². The van der Waals surface area contributed by atoms with Crippen LogP contribution in [0.2, 0.25) is 0 Å². The predicted molar refractivity (Wildman–Crippen MR) is 145 cm³/mol. The molecule has 2 aromatic rings. The first-order chi connectivity index (χ1) is 16.2. The van der Waals surface area contributed by atoms with Crippen molar-refractivity contribution in [3.05, 3.63) is 65.7 Å². The van der Waals surface area contributed by atoms with Gasteiger partial charge in [0.15, 0.2) is 5.78 Å². The molecule has 0 atom stereocenters. The summed E-state index contributed by atoms with van der Waals surface area (Å²) in [6.07, 6.45) is 18.0. The first-order valence-corrected chi connectivity index (χ1v) is 13.9. The summed E-state index contributed by atoms with van der Waals surface area (Å²) < 4.78 is 5.87. The molecule has 0 heterocycles. The van der Waals surface area contributed by atoms with E-state index in [1.807, 2.05) is 66.4 Å². The monoisotopic (exact) mass is 466 g/mol. The minimum absolute atomic E-state index is 0.0309. The Kier molecular flexibility index (Phi) is 14.4. The second-order valence-electron chi connectivity index (χ2n) is 8.67. The molecule has 0 aliphatic rings. The Morgan fingerprint density at radius 1 is 0.758 bits per heavy atom. The van der Waals surface area contributed by atoms with Gasteiger partial charge in [0, 0.05) is 10.5 Å². The van der Waals surface area contributed by atoms with E-state index in [1.165, 1.54) is 62.7 Å². The van der Waals surface area contributed by atoms with Crippen LogP contribution in [-0.2, 0) is 0 Å². The molecule has 0 bridgehead atoms. The minimum Gasteiger partial charge on any atom is -0.494 e. The fourth-order valence-electron chi connectivity index (χ4n) is 3.66. The molecule has 3 heteroatoms. The van der Waals surface area contributed by atoms with Crippen molar-refractivity contribution in [3.63, 3.8) is 0 Å². The molecule has 0 saturated heterocycles. The molecule has 0 aliphatic heterocycles. The first-order valence-electron chi connectivity index (χ1n) is 12.9. The summed E-state index contributed by atoms with van der Waals surface area (Å²) in [4.78, 5) is 13.6. The average molecular weight is 467 g/mol. The lowest BCUT2D eigenvalue weighted by atomic mass is 10.1. The van der Waals surface area contributed by atoms with Gasteiger partial charge in [-0.05, 0) is 66.6 Å². The van der Waals surface area contributed by atoms with Crippen molar-refractivity contribution in [1.82, 2.24) is 0 Å². The summed E-state index contributed by atoms with van der Waals surface area (Å²) in [6, 6.07) is 15.9. The Morgan fingerprint density at radius 3 is 1.97 bits per heavy atom. The summed E-state index contributed by atoms with van der Waals surface area (Å²) in [5, 5.41) is 0. The Hall–Kier alpha value is -2.00. The van der Waals surface area contributed by atoms with Crippen LogP contribution in [0, 0.1) is 0 Å². The second-order valence-corrected chi connectivity index (χ2v) is 9.84. The first kappa shape index (κ1) is 27.2. The number of hydrogen-bond acceptors (Lipinski definition) is 3. The van der Waals surface area contributed by atoms with Crippen molar-refractivity contribution in [2.75, 3.05) is 12.4 Å². The van der Waals surface area contributed by atoms with Crippen molar-refractivity contribution in [3.8, 4) is 5.75 Å². The van der Waals surface area contributed by atoms with Gasteiger partial charge in [-0.25, -0.2) is 0 Å². The number of rotatable bonds is 18. The number of ether oxygens (including phenoxy) is 1. The smallest absolute Gasteiger partial charge is 0.185 e. The number of allylic oxidation sites excluding steroid dienone is 1. The van der Waals surface area contributed by atoms with Gasteiger partial charge in [0.25, 0.3) is 0 Å². The van der Waals surface area contributed by atoms with Crippen molar-refractivity contribution < 1.29 is 9.53 Å². The third-order valence-corrected chi connectivity index (χ3v) is 6.90. The largest absolute Gasteiger partial charge is 0.494 e. The van der Waals surface area contributed by atoms with E-state index in [0.717, 1.165) is 42.1 Å². The Labute approximate surface area is 206 Å². The van der Waals surface area contributed by atoms with E-state index < -0.39 is 0 Å². The molecule has 0 radical (unpaired) electrons. The zero-order valence-corrected chi connectivity index (χ0v) is 21.5. The molecule has 33 heavy (non-hydrogen) atoms. The lowest BCUT2D eigenvalue weighted by molar-refractivity contribution is 0.104. The van der Waals surface area contributed by atoms with Gasteiger partial charge in [-0.15, -0.1) is 11.8 Å². The summed E-state index contributed by atoms with van der Waals surface area (Å²) in [6.45, 7) is 5.22. The molecule has 0 spiro atoms. The average Bonchev–Trinajstić information content (AvgIpc) is 2.85. The molecule has 2 rings (SSSR count). The topological polar surface area (TPSA) is 26.3 Å². The molecule has 180 valence electrons. The van der Waals surface area contributed by atoms with E-state index in [0.29, 0.717) is 0 Å². The van der Waals surface area contributed by atoms with Gasteiger partial charge < -0.3 is 4.74 Å². The molecule has 0 aliphatic carbocycles. The van der Waals surface area contributed by atoms with Gasteiger partial charge in [0.2, 0.25) is 0 Å². The molecule has 0 amide bonds. The van der Waals surface area contributed by atoms with E-state index in [4.69, 9.17) is 4.74 Å².